The van der Waals surface area contributed by atoms with Gasteiger partial charge in [-0.1, -0.05) is 0 Å². The molecule has 0 bridgehead atoms. The molecule has 0 heterocycles. The Kier molecular flexibility index (Phi) is 6.98. The molecule has 6 heteroatoms. The summed E-state index contributed by atoms with van der Waals surface area (Å²) in [5.74, 6) is -0.385. The summed E-state index contributed by atoms with van der Waals surface area (Å²) in [6.07, 6.45) is 3.75. The molecule has 0 radical (unpaired) electrons. The van der Waals surface area contributed by atoms with E-state index in [1.54, 1.807) is 31.4 Å². The van der Waals surface area contributed by atoms with Crippen LogP contribution in [0, 0.1) is 5.92 Å². The smallest absolute Gasteiger partial charge is 0.306 e. The highest BCUT2D eigenvalue weighted by Crippen LogP contribution is 2.24. The number of carboxylic acids is 1. The van der Waals surface area contributed by atoms with Crippen molar-refractivity contribution in [3.63, 3.8) is 0 Å². The minimum atomic E-state index is -0.748. The van der Waals surface area contributed by atoms with Crippen LogP contribution in [0.2, 0.25) is 0 Å². The molecule has 1 aliphatic rings. The van der Waals surface area contributed by atoms with Gasteiger partial charge in [0, 0.05) is 24.4 Å². The number of carbonyl (C=O) groups is 3. The van der Waals surface area contributed by atoms with Crippen molar-refractivity contribution in [1.29, 1.82) is 0 Å². The Hall–Kier alpha value is -2.37. The molecule has 136 valence electrons. The molecule has 2 N–H and O–H groups in total. The standard InChI is InChI=1S/C19H25NO5/c1-25-16-11-7-13(8-12-16)17(21)3-2-4-18(22)20-15-9-5-14(6-10-15)19(23)24/h7-8,11-12,14-15H,2-6,9-10H2,1H3,(H,20,22)(H,23,24). The second kappa shape index (κ2) is 9.20. The van der Waals surface area contributed by atoms with Crippen molar-refractivity contribution in [2.45, 2.75) is 51.0 Å². The number of carbonyl (C=O) groups excluding carboxylic acids is 2. The molecule has 1 fully saturated rings. The van der Waals surface area contributed by atoms with E-state index in [1.807, 2.05) is 0 Å². The Morgan fingerprint density at radius 1 is 1.08 bits per heavy atom. The predicted molar refractivity (Wildman–Crippen MR) is 92.7 cm³/mol. The van der Waals surface area contributed by atoms with Gasteiger partial charge in [-0.2, -0.15) is 0 Å². The van der Waals surface area contributed by atoms with E-state index in [-0.39, 0.29) is 23.7 Å². The molecule has 25 heavy (non-hydrogen) atoms. The highest BCUT2D eigenvalue weighted by molar-refractivity contribution is 5.96. The molecular formula is C19H25NO5. The maximum atomic E-state index is 12.1. The zero-order chi connectivity index (χ0) is 18.2. The van der Waals surface area contributed by atoms with Gasteiger partial charge in [0.25, 0.3) is 0 Å². The predicted octanol–water partition coefficient (Wildman–Crippen LogP) is 2.81. The van der Waals surface area contributed by atoms with Gasteiger partial charge in [-0.05, 0) is 56.4 Å². The Balaban J connectivity index is 1.66. The van der Waals surface area contributed by atoms with Crippen LogP contribution in [0.5, 0.6) is 5.75 Å². The molecule has 1 aliphatic carbocycles. The number of hydrogen-bond acceptors (Lipinski definition) is 4. The van der Waals surface area contributed by atoms with Crippen LogP contribution in [-0.4, -0.2) is 35.9 Å². The van der Waals surface area contributed by atoms with Crippen LogP contribution in [0.4, 0.5) is 0 Å². The van der Waals surface area contributed by atoms with E-state index >= 15 is 0 Å². The van der Waals surface area contributed by atoms with E-state index in [9.17, 15) is 14.4 Å². The van der Waals surface area contributed by atoms with Gasteiger partial charge in [0.2, 0.25) is 5.91 Å². The average Bonchev–Trinajstić information content (AvgIpc) is 2.62. The molecule has 0 saturated heterocycles. The van der Waals surface area contributed by atoms with Gasteiger partial charge in [0.15, 0.2) is 5.78 Å². The number of hydrogen-bond donors (Lipinski definition) is 2. The molecule has 1 amide bonds. The molecule has 1 aromatic rings. The van der Waals surface area contributed by atoms with Crippen LogP contribution in [0.25, 0.3) is 0 Å². The Morgan fingerprint density at radius 2 is 1.72 bits per heavy atom. The van der Waals surface area contributed by atoms with Gasteiger partial charge >= 0.3 is 5.97 Å². The van der Waals surface area contributed by atoms with Crippen LogP contribution in [0.3, 0.4) is 0 Å². The van der Waals surface area contributed by atoms with E-state index in [4.69, 9.17) is 9.84 Å². The number of ether oxygens (including phenoxy) is 1. The molecule has 0 unspecified atom stereocenters. The molecule has 6 nitrogen and oxygen atoms in total. The third-order valence-electron chi connectivity index (χ3n) is 4.66. The summed E-state index contributed by atoms with van der Waals surface area (Å²) in [6.45, 7) is 0. The lowest BCUT2D eigenvalue weighted by Crippen LogP contribution is -2.38. The first-order valence-corrected chi connectivity index (χ1v) is 8.69. The first kappa shape index (κ1) is 19.0. The van der Waals surface area contributed by atoms with E-state index in [1.165, 1.54) is 0 Å². The van der Waals surface area contributed by atoms with Gasteiger partial charge in [-0.15, -0.1) is 0 Å². The van der Waals surface area contributed by atoms with Crippen molar-refractivity contribution in [3.05, 3.63) is 29.8 Å². The number of methoxy groups -OCH3 is 1. The zero-order valence-corrected chi connectivity index (χ0v) is 14.5. The topological polar surface area (TPSA) is 92.7 Å². The minimum Gasteiger partial charge on any atom is -0.497 e. The summed E-state index contributed by atoms with van der Waals surface area (Å²) in [4.78, 5) is 35.0. The molecule has 1 saturated carbocycles. The lowest BCUT2D eigenvalue weighted by atomic mass is 9.86. The van der Waals surface area contributed by atoms with Crippen molar-refractivity contribution in [3.8, 4) is 5.75 Å². The number of carboxylic acid groups (broad SMARTS) is 1. The third-order valence-corrected chi connectivity index (χ3v) is 4.66. The quantitative estimate of drug-likeness (QED) is 0.706. The molecule has 0 aliphatic heterocycles. The van der Waals surface area contributed by atoms with Crippen molar-refractivity contribution >= 4 is 17.7 Å². The first-order chi connectivity index (χ1) is 12.0. The number of rotatable bonds is 8. The summed E-state index contributed by atoms with van der Waals surface area (Å²) in [6, 6.07) is 6.99. The zero-order valence-electron chi connectivity index (χ0n) is 14.5. The van der Waals surface area contributed by atoms with Crippen molar-refractivity contribution in [1.82, 2.24) is 5.32 Å². The number of benzene rings is 1. The molecule has 0 atom stereocenters. The maximum absolute atomic E-state index is 12.1. The number of ketones is 1. The van der Waals surface area contributed by atoms with Gasteiger partial charge in [-0.25, -0.2) is 0 Å². The summed E-state index contributed by atoms with van der Waals surface area (Å²) < 4.78 is 5.06. The molecule has 2 rings (SSSR count). The average molecular weight is 347 g/mol. The first-order valence-electron chi connectivity index (χ1n) is 8.69. The van der Waals surface area contributed by atoms with E-state index < -0.39 is 5.97 Å². The lowest BCUT2D eigenvalue weighted by Gasteiger charge is -2.26. The van der Waals surface area contributed by atoms with Crippen LogP contribution >= 0.6 is 0 Å². The highest BCUT2D eigenvalue weighted by atomic mass is 16.5. The van der Waals surface area contributed by atoms with E-state index in [2.05, 4.69) is 5.32 Å². The van der Waals surface area contributed by atoms with Gasteiger partial charge < -0.3 is 15.2 Å². The van der Waals surface area contributed by atoms with Crippen molar-refractivity contribution in [2.24, 2.45) is 5.92 Å². The number of amides is 1. The Bertz CT molecular complexity index is 603. The van der Waals surface area contributed by atoms with Crippen molar-refractivity contribution in [2.75, 3.05) is 7.11 Å². The molecule has 0 spiro atoms. The summed E-state index contributed by atoms with van der Waals surface area (Å²) in [5.41, 5.74) is 0.619. The van der Waals surface area contributed by atoms with Crippen LogP contribution in [0.1, 0.15) is 55.3 Å². The number of nitrogens with one attached hydrogen (secondary N) is 1. The molecule has 0 aromatic heterocycles. The second-order valence-corrected chi connectivity index (χ2v) is 6.46. The van der Waals surface area contributed by atoms with Gasteiger partial charge in [0.1, 0.15) is 5.75 Å². The fraction of sp³-hybridized carbons (Fsp3) is 0.526. The second-order valence-electron chi connectivity index (χ2n) is 6.46. The van der Waals surface area contributed by atoms with E-state index in [0.29, 0.717) is 56.3 Å². The summed E-state index contributed by atoms with van der Waals surface area (Å²) in [7, 11) is 1.57. The van der Waals surface area contributed by atoms with Gasteiger partial charge in [0.05, 0.1) is 13.0 Å². The summed E-state index contributed by atoms with van der Waals surface area (Å²) in [5, 5.41) is 11.9. The van der Waals surface area contributed by atoms with Crippen molar-refractivity contribution < 1.29 is 24.2 Å². The Labute approximate surface area is 147 Å². The van der Waals surface area contributed by atoms with Gasteiger partial charge in [-0.3, -0.25) is 14.4 Å². The van der Waals surface area contributed by atoms with E-state index in [0.717, 1.165) is 0 Å². The van der Waals surface area contributed by atoms with Crippen LogP contribution in [0.15, 0.2) is 24.3 Å². The fourth-order valence-electron chi connectivity index (χ4n) is 3.12. The third kappa shape index (κ3) is 5.89. The number of aliphatic carboxylic acids is 1. The largest absolute Gasteiger partial charge is 0.497 e. The molecular weight excluding hydrogens is 322 g/mol. The monoisotopic (exact) mass is 347 g/mol. The normalized spacial score (nSPS) is 19.9. The fourth-order valence-corrected chi connectivity index (χ4v) is 3.12. The van der Waals surface area contributed by atoms with Crippen LogP contribution < -0.4 is 10.1 Å². The lowest BCUT2D eigenvalue weighted by molar-refractivity contribution is -0.142. The van der Waals surface area contributed by atoms with Crippen LogP contribution in [-0.2, 0) is 9.59 Å². The maximum Gasteiger partial charge on any atom is 0.306 e. The Morgan fingerprint density at radius 3 is 2.28 bits per heavy atom. The molecule has 1 aromatic carbocycles. The summed E-state index contributed by atoms with van der Waals surface area (Å²) >= 11 is 0. The number of Topliss-reactive ketones (excluding diaryl/α,β-unsaturated/α-hetero) is 1. The SMILES string of the molecule is COc1ccc(C(=O)CCCC(=O)NC2CCC(C(=O)O)CC2)cc1. The highest BCUT2D eigenvalue weighted by Gasteiger charge is 2.26. The minimum absolute atomic E-state index is 0.0115.